The van der Waals surface area contributed by atoms with Crippen LogP contribution in [0.15, 0.2) is 18.2 Å². The van der Waals surface area contributed by atoms with Crippen molar-refractivity contribution in [3.63, 3.8) is 0 Å². The zero-order valence-corrected chi connectivity index (χ0v) is 19.5. The Balaban J connectivity index is 0.000000621. The summed E-state index contributed by atoms with van der Waals surface area (Å²) in [7, 11) is 1.58. The minimum atomic E-state index is -0.130. The Hall–Kier alpha value is -1.24. The second-order valence-electron chi connectivity index (χ2n) is 6.27. The van der Waals surface area contributed by atoms with Crippen LogP contribution >= 0.6 is 24.2 Å². The first-order valence-electron chi connectivity index (χ1n) is 9.85. The number of alkyl halides is 1. The average Bonchev–Trinajstić information content (AvgIpc) is 2.71. The molecule has 28 heavy (non-hydrogen) atoms. The number of rotatable bonds is 10. The first-order valence-corrected chi connectivity index (χ1v) is 10.8. The van der Waals surface area contributed by atoms with E-state index in [9.17, 15) is 9.59 Å². The number of aryl methyl sites for hydroxylation is 2. The SMILES string of the molecule is CCCN(CCC)C(=O)S.CCc1cccc(CC)c1N(COC)C(=O)CCl. The fraction of sp³-hybridized carbons (Fsp3) is 0.619. The van der Waals surface area contributed by atoms with Crippen molar-refractivity contribution in [1.29, 1.82) is 0 Å². The van der Waals surface area contributed by atoms with Gasteiger partial charge in [-0.3, -0.25) is 14.5 Å². The Bertz CT molecular complexity index is 571. The number of ether oxygens (including phenoxy) is 1. The number of amides is 2. The van der Waals surface area contributed by atoms with E-state index in [0.717, 1.165) is 55.6 Å². The van der Waals surface area contributed by atoms with E-state index in [1.165, 1.54) is 0 Å². The lowest BCUT2D eigenvalue weighted by atomic mass is 10.0. The molecule has 0 N–H and O–H groups in total. The lowest BCUT2D eigenvalue weighted by Crippen LogP contribution is -2.35. The first kappa shape index (κ1) is 26.8. The van der Waals surface area contributed by atoms with E-state index in [1.54, 1.807) is 16.9 Å². The van der Waals surface area contributed by atoms with Crippen molar-refractivity contribution in [2.75, 3.05) is 37.7 Å². The third-order valence-electron chi connectivity index (χ3n) is 4.17. The van der Waals surface area contributed by atoms with Crippen molar-refractivity contribution in [2.24, 2.45) is 0 Å². The predicted octanol–water partition coefficient (Wildman–Crippen LogP) is 5.15. The molecule has 0 heterocycles. The molecule has 0 radical (unpaired) electrons. The van der Waals surface area contributed by atoms with Gasteiger partial charge >= 0.3 is 0 Å². The lowest BCUT2D eigenvalue weighted by Gasteiger charge is -2.26. The van der Waals surface area contributed by atoms with Gasteiger partial charge in [0.05, 0.1) is 5.69 Å². The van der Waals surface area contributed by atoms with E-state index in [4.69, 9.17) is 16.3 Å². The summed E-state index contributed by atoms with van der Waals surface area (Å²) in [4.78, 5) is 26.0. The molecule has 0 saturated heterocycles. The maximum absolute atomic E-state index is 12.0. The molecule has 0 fully saturated rings. The Kier molecular flexibility index (Phi) is 15.0. The molecule has 1 aromatic carbocycles. The Labute approximate surface area is 180 Å². The van der Waals surface area contributed by atoms with Crippen LogP contribution in [0.2, 0.25) is 0 Å². The molecular formula is C21H35ClN2O3S. The summed E-state index contributed by atoms with van der Waals surface area (Å²) in [5.41, 5.74) is 3.24. The monoisotopic (exact) mass is 430 g/mol. The van der Waals surface area contributed by atoms with Crippen molar-refractivity contribution in [3.8, 4) is 0 Å². The number of carbonyl (C=O) groups excluding carboxylic acids is 2. The predicted molar refractivity (Wildman–Crippen MR) is 122 cm³/mol. The lowest BCUT2D eigenvalue weighted by molar-refractivity contribution is -0.117. The van der Waals surface area contributed by atoms with Crippen LogP contribution in [0, 0.1) is 0 Å². The number of methoxy groups -OCH3 is 1. The van der Waals surface area contributed by atoms with Crippen LogP contribution < -0.4 is 4.90 Å². The van der Waals surface area contributed by atoms with E-state index in [0.29, 0.717) is 0 Å². The zero-order valence-electron chi connectivity index (χ0n) is 17.8. The molecule has 0 aromatic heterocycles. The molecule has 0 atom stereocenters. The number of hydrogen-bond acceptors (Lipinski definition) is 3. The average molecular weight is 431 g/mol. The summed E-state index contributed by atoms with van der Waals surface area (Å²) < 4.78 is 5.13. The van der Waals surface area contributed by atoms with Crippen LogP contribution in [0.5, 0.6) is 0 Å². The van der Waals surface area contributed by atoms with Crippen molar-refractivity contribution >= 4 is 41.1 Å². The highest BCUT2D eigenvalue weighted by molar-refractivity contribution is 7.96. The number of benzene rings is 1. The molecule has 0 aliphatic rings. The maximum Gasteiger partial charge on any atom is 0.278 e. The van der Waals surface area contributed by atoms with Gasteiger partial charge in [-0.15, -0.1) is 11.6 Å². The number of nitrogens with zero attached hydrogens (tertiary/aromatic N) is 2. The van der Waals surface area contributed by atoms with E-state index in [-0.39, 0.29) is 23.8 Å². The number of hydrogen-bond donors (Lipinski definition) is 1. The summed E-state index contributed by atoms with van der Waals surface area (Å²) in [6, 6.07) is 6.11. The van der Waals surface area contributed by atoms with Gasteiger partial charge in [0.2, 0.25) is 5.91 Å². The van der Waals surface area contributed by atoms with Crippen LogP contribution in [0.1, 0.15) is 51.7 Å². The second kappa shape index (κ2) is 15.7. The van der Waals surface area contributed by atoms with Gasteiger partial charge in [0.1, 0.15) is 12.6 Å². The molecule has 1 aromatic rings. The number of thiol groups is 1. The van der Waals surface area contributed by atoms with Crippen LogP contribution in [0.4, 0.5) is 10.5 Å². The number of para-hydroxylation sites is 1. The standard InChI is InChI=1S/C14H20ClNO2.C7H15NOS/c1-4-11-7-6-8-12(5-2)14(11)16(10-18-3)13(17)9-15;1-3-5-8(6-4-2)7(9)10/h6-8H,4-5,9-10H2,1-3H3;3-6H2,1-2H3,(H,9,10). The summed E-state index contributed by atoms with van der Waals surface area (Å²) in [5.74, 6) is -0.168. The van der Waals surface area contributed by atoms with Crippen LogP contribution in [-0.4, -0.2) is 48.9 Å². The largest absolute Gasteiger partial charge is 0.364 e. The van der Waals surface area contributed by atoms with E-state index < -0.39 is 0 Å². The van der Waals surface area contributed by atoms with Crippen LogP contribution in [0.3, 0.4) is 0 Å². The fourth-order valence-corrected chi connectivity index (χ4v) is 3.21. The smallest absolute Gasteiger partial charge is 0.278 e. The summed E-state index contributed by atoms with van der Waals surface area (Å²) in [6.45, 7) is 10.2. The molecule has 5 nitrogen and oxygen atoms in total. The zero-order chi connectivity index (χ0) is 21.5. The topological polar surface area (TPSA) is 49.9 Å². The van der Waals surface area contributed by atoms with Crippen LogP contribution in [0.25, 0.3) is 0 Å². The van der Waals surface area contributed by atoms with Crippen molar-refractivity contribution in [3.05, 3.63) is 29.3 Å². The minimum Gasteiger partial charge on any atom is -0.364 e. The first-order chi connectivity index (χ1) is 13.4. The molecule has 7 heteroatoms. The minimum absolute atomic E-state index is 0.0371. The highest BCUT2D eigenvalue weighted by Gasteiger charge is 2.19. The van der Waals surface area contributed by atoms with Gasteiger partial charge in [0.15, 0.2) is 0 Å². The molecule has 1 rings (SSSR count). The van der Waals surface area contributed by atoms with Gasteiger partial charge in [-0.25, -0.2) is 0 Å². The maximum atomic E-state index is 12.0. The number of anilines is 1. The molecule has 0 spiro atoms. The molecule has 0 saturated carbocycles. The normalized spacial score (nSPS) is 10.1. The van der Waals surface area contributed by atoms with Crippen LogP contribution in [-0.2, 0) is 22.4 Å². The molecule has 0 unspecified atom stereocenters. The molecule has 0 bridgehead atoms. The number of halogens is 1. The van der Waals surface area contributed by atoms with E-state index in [1.807, 2.05) is 18.2 Å². The molecule has 2 amide bonds. The van der Waals surface area contributed by atoms with Gasteiger partial charge < -0.3 is 9.64 Å². The van der Waals surface area contributed by atoms with Gasteiger partial charge in [-0.2, -0.15) is 0 Å². The Morgan fingerprint density at radius 1 is 1.04 bits per heavy atom. The second-order valence-corrected chi connectivity index (χ2v) is 6.92. The third-order valence-corrected chi connectivity index (χ3v) is 4.68. The molecular weight excluding hydrogens is 396 g/mol. The van der Waals surface area contributed by atoms with Gasteiger partial charge in [-0.1, -0.05) is 58.5 Å². The summed E-state index contributed by atoms with van der Waals surface area (Å²) >= 11 is 9.42. The van der Waals surface area contributed by atoms with Crippen molar-refractivity contribution < 1.29 is 14.3 Å². The van der Waals surface area contributed by atoms with Gasteiger partial charge in [0.25, 0.3) is 5.24 Å². The van der Waals surface area contributed by atoms with Crippen molar-refractivity contribution in [2.45, 2.75) is 53.4 Å². The highest BCUT2D eigenvalue weighted by atomic mass is 35.5. The molecule has 160 valence electrons. The van der Waals surface area contributed by atoms with Crippen molar-refractivity contribution in [1.82, 2.24) is 4.90 Å². The summed E-state index contributed by atoms with van der Waals surface area (Å²) in [5, 5.41) is -0.108. The Morgan fingerprint density at radius 2 is 1.54 bits per heavy atom. The van der Waals surface area contributed by atoms with Gasteiger partial charge in [-0.05, 0) is 36.8 Å². The van der Waals surface area contributed by atoms with E-state index >= 15 is 0 Å². The van der Waals surface area contributed by atoms with E-state index in [2.05, 4.69) is 40.3 Å². The fourth-order valence-electron chi connectivity index (χ4n) is 2.87. The highest BCUT2D eigenvalue weighted by Crippen LogP contribution is 2.27. The third kappa shape index (κ3) is 8.84. The molecule has 0 aliphatic heterocycles. The summed E-state index contributed by atoms with van der Waals surface area (Å²) in [6.07, 6.45) is 3.76. The molecule has 0 aliphatic carbocycles. The number of carbonyl (C=O) groups is 2. The quantitative estimate of drug-likeness (QED) is 0.317. The van der Waals surface area contributed by atoms with Gasteiger partial charge in [0, 0.05) is 20.2 Å². The Morgan fingerprint density at radius 3 is 1.86 bits per heavy atom.